The summed E-state index contributed by atoms with van der Waals surface area (Å²) in [5.41, 5.74) is 0.302. The summed E-state index contributed by atoms with van der Waals surface area (Å²) in [4.78, 5) is 11.6. The van der Waals surface area contributed by atoms with Gasteiger partial charge in [-0.1, -0.05) is 13.8 Å². The van der Waals surface area contributed by atoms with Gasteiger partial charge in [-0.05, 0) is 48.7 Å². The molecule has 3 aliphatic rings. The number of nitrogens with one attached hydrogen (secondary N) is 1. The molecule has 3 nitrogen and oxygen atoms in total. The molecule has 0 spiro atoms. The second-order valence-electron chi connectivity index (χ2n) is 7.26. The van der Waals surface area contributed by atoms with Gasteiger partial charge in [-0.15, -0.1) is 0 Å². The first-order valence-corrected chi connectivity index (χ1v) is 8.71. The van der Waals surface area contributed by atoms with E-state index in [4.69, 9.17) is 0 Å². The second-order valence-corrected chi connectivity index (χ2v) is 8.41. The Bertz CT molecular complexity index is 371. The van der Waals surface area contributed by atoms with Crippen molar-refractivity contribution in [3.63, 3.8) is 0 Å². The van der Waals surface area contributed by atoms with E-state index < -0.39 is 5.97 Å². The lowest BCUT2D eigenvalue weighted by atomic mass is 9.79. The Hall–Kier alpha value is -0.220. The third kappa shape index (κ3) is 2.42. The molecule has 1 saturated heterocycles. The van der Waals surface area contributed by atoms with Crippen LogP contribution in [-0.4, -0.2) is 34.7 Å². The SMILES string of the molecule is CC1(C)CCSCC1NC1C2CCC(C2)C1C(=O)O. The van der Waals surface area contributed by atoms with Crippen molar-refractivity contribution in [3.05, 3.63) is 0 Å². The summed E-state index contributed by atoms with van der Waals surface area (Å²) in [6, 6.07) is 0.691. The van der Waals surface area contributed by atoms with Crippen LogP contribution < -0.4 is 5.32 Å². The Morgan fingerprint density at radius 2 is 2.05 bits per heavy atom. The lowest BCUT2D eigenvalue weighted by Gasteiger charge is -2.43. The molecule has 0 amide bonds. The molecular weight excluding hydrogens is 258 g/mol. The van der Waals surface area contributed by atoms with E-state index in [0.29, 0.717) is 23.3 Å². The van der Waals surface area contributed by atoms with E-state index >= 15 is 0 Å². The summed E-state index contributed by atoms with van der Waals surface area (Å²) in [5.74, 6) is 2.69. The van der Waals surface area contributed by atoms with Crippen molar-refractivity contribution in [2.24, 2.45) is 23.2 Å². The maximum absolute atomic E-state index is 11.6. The Morgan fingerprint density at radius 1 is 1.32 bits per heavy atom. The molecule has 2 bridgehead atoms. The monoisotopic (exact) mass is 283 g/mol. The molecule has 1 heterocycles. The first-order valence-electron chi connectivity index (χ1n) is 7.55. The summed E-state index contributed by atoms with van der Waals surface area (Å²) in [6.07, 6.45) is 4.72. The lowest BCUT2D eigenvalue weighted by Crippen LogP contribution is -2.55. The molecule has 3 fully saturated rings. The minimum Gasteiger partial charge on any atom is -0.481 e. The largest absolute Gasteiger partial charge is 0.481 e. The molecule has 0 aromatic carbocycles. The summed E-state index contributed by atoms with van der Waals surface area (Å²) in [7, 11) is 0. The molecule has 2 N–H and O–H groups in total. The van der Waals surface area contributed by atoms with Gasteiger partial charge in [-0.25, -0.2) is 0 Å². The zero-order valence-electron chi connectivity index (χ0n) is 11.9. The minimum absolute atomic E-state index is 0.138. The lowest BCUT2D eigenvalue weighted by molar-refractivity contribution is -0.144. The van der Waals surface area contributed by atoms with E-state index in [1.54, 1.807) is 0 Å². The third-order valence-corrected chi connectivity index (χ3v) is 6.78. The van der Waals surface area contributed by atoms with Crippen LogP contribution in [0.2, 0.25) is 0 Å². The van der Waals surface area contributed by atoms with Gasteiger partial charge in [0.25, 0.3) is 0 Å². The number of rotatable bonds is 3. The fraction of sp³-hybridized carbons (Fsp3) is 0.933. The number of carboxylic acid groups (broad SMARTS) is 1. The average molecular weight is 283 g/mol. The molecule has 19 heavy (non-hydrogen) atoms. The van der Waals surface area contributed by atoms with Crippen molar-refractivity contribution < 1.29 is 9.90 Å². The van der Waals surface area contributed by atoms with Crippen LogP contribution in [0.5, 0.6) is 0 Å². The van der Waals surface area contributed by atoms with Gasteiger partial charge in [-0.3, -0.25) is 4.79 Å². The number of fused-ring (bicyclic) bond motifs is 2. The summed E-state index contributed by atoms with van der Waals surface area (Å²) in [5, 5.41) is 13.3. The van der Waals surface area contributed by atoms with E-state index in [1.165, 1.54) is 18.6 Å². The highest BCUT2D eigenvalue weighted by Gasteiger charge is 2.52. The molecule has 4 heteroatoms. The van der Waals surface area contributed by atoms with Crippen LogP contribution in [0.1, 0.15) is 39.5 Å². The van der Waals surface area contributed by atoms with Gasteiger partial charge in [0, 0.05) is 17.8 Å². The van der Waals surface area contributed by atoms with E-state index in [1.807, 2.05) is 11.8 Å². The smallest absolute Gasteiger partial charge is 0.308 e. The number of hydrogen-bond acceptors (Lipinski definition) is 3. The number of aliphatic carboxylic acids is 1. The van der Waals surface area contributed by atoms with Gasteiger partial charge >= 0.3 is 5.97 Å². The van der Waals surface area contributed by atoms with Crippen LogP contribution in [0.3, 0.4) is 0 Å². The number of carboxylic acids is 1. The van der Waals surface area contributed by atoms with Crippen LogP contribution in [0.15, 0.2) is 0 Å². The molecule has 5 atom stereocenters. The van der Waals surface area contributed by atoms with Crippen LogP contribution >= 0.6 is 11.8 Å². The molecular formula is C15H25NO2S. The van der Waals surface area contributed by atoms with Crippen LogP contribution in [-0.2, 0) is 4.79 Å². The average Bonchev–Trinajstić information content (AvgIpc) is 2.91. The van der Waals surface area contributed by atoms with Gasteiger partial charge in [0.2, 0.25) is 0 Å². The van der Waals surface area contributed by atoms with Crippen molar-refractivity contribution in [2.75, 3.05) is 11.5 Å². The highest BCUT2D eigenvalue weighted by molar-refractivity contribution is 7.99. The second kappa shape index (κ2) is 4.96. The van der Waals surface area contributed by atoms with Crippen LogP contribution in [0.4, 0.5) is 0 Å². The summed E-state index contributed by atoms with van der Waals surface area (Å²) < 4.78 is 0. The zero-order valence-corrected chi connectivity index (χ0v) is 12.7. The molecule has 2 aliphatic carbocycles. The van der Waals surface area contributed by atoms with Gasteiger partial charge in [0.1, 0.15) is 0 Å². The van der Waals surface area contributed by atoms with Crippen molar-refractivity contribution in [3.8, 4) is 0 Å². The van der Waals surface area contributed by atoms with Crippen molar-refractivity contribution in [2.45, 2.75) is 51.6 Å². The molecule has 3 rings (SSSR count). The predicted octanol–water partition coefficient (Wildman–Crippen LogP) is 2.61. The minimum atomic E-state index is -0.578. The van der Waals surface area contributed by atoms with Gasteiger partial charge in [0.15, 0.2) is 0 Å². The van der Waals surface area contributed by atoms with Crippen molar-refractivity contribution in [1.82, 2.24) is 5.32 Å². The Kier molecular flexibility index (Phi) is 3.59. The molecule has 0 aromatic heterocycles. The van der Waals surface area contributed by atoms with Crippen LogP contribution in [0.25, 0.3) is 0 Å². The Morgan fingerprint density at radius 3 is 2.74 bits per heavy atom. The maximum Gasteiger partial charge on any atom is 0.308 e. The van der Waals surface area contributed by atoms with E-state index in [-0.39, 0.29) is 12.0 Å². The summed E-state index contributed by atoms with van der Waals surface area (Å²) >= 11 is 2.01. The van der Waals surface area contributed by atoms with E-state index in [9.17, 15) is 9.90 Å². The van der Waals surface area contributed by atoms with Gasteiger partial charge in [0.05, 0.1) is 5.92 Å². The van der Waals surface area contributed by atoms with E-state index in [0.717, 1.165) is 18.6 Å². The quantitative estimate of drug-likeness (QED) is 0.836. The zero-order chi connectivity index (χ0) is 13.6. The Labute approximate surface area is 119 Å². The molecule has 0 radical (unpaired) electrons. The first-order chi connectivity index (χ1) is 8.99. The standard InChI is InChI=1S/C15H25NO2S/c1-15(2)5-6-19-8-11(15)16-13-10-4-3-9(7-10)12(13)14(17)18/h9-13,16H,3-8H2,1-2H3,(H,17,18). The molecule has 5 unspecified atom stereocenters. The van der Waals surface area contributed by atoms with Crippen molar-refractivity contribution >= 4 is 17.7 Å². The number of thioether (sulfide) groups is 1. The van der Waals surface area contributed by atoms with Crippen molar-refractivity contribution in [1.29, 1.82) is 0 Å². The maximum atomic E-state index is 11.6. The fourth-order valence-corrected chi connectivity index (χ4v) is 5.95. The number of carbonyl (C=O) groups is 1. The normalized spacial score (nSPS) is 44.4. The van der Waals surface area contributed by atoms with Gasteiger partial charge in [-0.2, -0.15) is 11.8 Å². The predicted molar refractivity (Wildman–Crippen MR) is 78.4 cm³/mol. The third-order valence-electron chi connectivity index (χ3n) is 5.71. The molecule has 0 aromatic rings. The van der Waals surface area contributed by atoms with E-state index in [2.05, 4.69) is 19.2 Å². The Balaban J connectivity index is 1.73. The fourth-order valence-electron chi connectivity index (χ4n) is 4.33. The summed E-state index contributed by atoms with van der Waals surface area (Å²) in [6.45, 7) is 4.65. The molecule has 108 valence electrons. The number of hydrogen-bond donors (Lipinski definition) is 2. The topological polar surface area (TPSA) is 49.3 Å². The molecule has 1 aliphatic heterocycles. The van der Waals surface area contributed by atoms with Crippen LogP contribution in [0, 0.1) is 23.2 Å². The van der Waals surface area contributed by atoms with Gasteiger partial charge < -0.3 is 10.4 Å². The highest BCUT2D eigenvalue weighted by atomic mass is 32.2. The highest BCUT2D eigenvalue weighted by Crippen LogP contribution is 2.49. The molecule has 2 saturated carbocycles. The first kappa shape index (κ1) is 13.7.